The smallest absolute Gasteiger partial charge is 0.0243 e. The van der Waals surface area contributed by atoms with Crippen LogP contribution < -0.4 is 5.32 Å². The third-order valence-electron chi connectivity index (χ3n) is 6.09. The van der Waals surface area contributed by atoms with Gasteiger partial charge in [-0.25, -0.2) is 0 Å². The Balaban J connectivity index is 1.50. The fraction of sp³-hybridized carbons (Fsp3) is 1.00. The fourth-order valence-electron chi connectivity index (χ4n) is 4.73. The summed E-state index contributed by atoms with van der Waals surface area (Å²) in [7, 11) is 2.33. The van der Waals surface area contributed by atoms with E-state index in [9.17, 15) is 0 Å². The van der Waals surface area contributed by atoms with Gasteiger partial charge in [0.2, 0.25) is 0 Å². The summed E-state index contributed by atoms with van der Waals surface area (Å²) in [5.41, 5.74) is 0. The van der Waals surface area contributed by atoms with Crippen LogP contribution in [0.25, 0.3) is 0 Å². The van der Waals surface area contributed by atoms with Gasteiger partial charge in [0.25, 0.3) is 0 Å². The molecule has 3 fully saturated rings. The average Bonchev–Trinajstić information content (AvgIpc) is 2.97. The van der Waals surface area contributed by atoms with Gasteiger partial charge < -0.3 is 10.2 Å². The first-order valence-electron chi connectivity index (χ1n) is 8.84. The highest BCUT2D eigenvalue weighted by Crippen LogP contribution is 2.34. The molecule has 3 rings (SSSR count). The maximum atomic E-state index is 3.93. The van der Waals surface area contributed by atoms with Gasteiger partial charge in [-0.3, -0.25) is 4.90 Å². The Labute approximate surface area is 125 Å². The Kier molecular flexibility index (Phi) is 4.68. The number of hydrogen-bond donors (Lipinski definition) is 1. The second-order valence-electron chi connectivity index (χ2n) is 7.68. The topological polar surface area (TPSA) is 18.5 Å². The molecule has 3 aliphatic heterocycles. The maximum Gasteiger partial charge on any atom is 0.0243 e. The number of hydrogen-bond acceptors (Lipinski definition) is 3. The number of fused-ring (bicyclic) bond motifs is 2. The van der Waals surface area contributed by atoms with E-state index in [4.69, 9.17) is 0 Å². The average molecular weight is 279 g/mol. The summed E-state index contributed by atoms with van der Waals surface area (Å²) in [5.74, 6) is 0.767. The Morgan fingerprint density at radius 3 is 2.20 bits per heavy atom. The zero-order chi connectivity index (χ0) is 14.1. The molecule has 1 N–H and O–H groups in total. The van der Waals surface area contributed by atoms with E-state index in [1.165, 1.54) is 58.2 Å². The first-order chi connectivity index (χ1) is 9.65. The molecular weight excluding hydrogens is 246 g/mol. The zero-order valence-corrected chi connectivity index (χ0v) is 13.6. The second kappa shape index (κ2) is 6.33. The van der Waals surface area contributed by atoms with Crippen molar-refractivity contribution in [2.75, 3.05) is 26.7 Å². The van der Waals surface area contributed by atoms with Gasteiger partial charge in [0.05, 0.1) is 0 Å². The SMILES string of the molecule is CC(C)C(CNC1CC2CCC(C1)N2C)N1CCCC1. The van der Waals surface area contributed by atoms with E-state index in [0.29, 0.717) is 0 Å². The van der Waals surface area contributed by atoms with Crippen LogP contribution in [0.1, 0.15) is 52.4 Å². The molecule has 0 radical (unpaired) electrons. The summed E-state index contributed by atoms with van der Waals surface area (Å²) in [6.45, 7) is 8.63. The highest BCUT2D eigenvalue weighted by atomic mass is 15.2. The molecule has 0 aromatic carbocycles. The normalized spacial score (nSPS) is 36.9. The number of piperidine rings is 1. The number of rotatable bonds is 5. The van der Waals surface area contributed by atoms with Gasteiger partial charge in [0.15, 0.2) is 0 Å². The van der Waals surface area contributed by atoms with Crippen LogP contribution in [0.2, 0.25) is 0 Å². The lowest BCUT2D eigenvalue weighted by Gasteiger charge is -2.38. The lowest BCUT2D eigenvalue weighted by molar-refractivity contribution is 0.133. The van der Waals surface area contributed by atoms with Crippen LogP contribution in [-0.4, -0.2) is 60.6 Å². The van der Waals surface area contributed by atoms with E-state index in [0.717, 1.165) is 30.1 Å². The quantitative estimate of drug-likeness (QED) is 0.833. The Bertz CT molecular complexity index is 297. The summed E-state index contributed by atoms with van der Waals surface area (Å²) < 4.78 is 0. The molecule has 0 aliphatic carbocycles. The van der Waals surface area contributed by atoms with Crippen molar-refractivity contribution in [3.63, 3.8) is 0 Å². The van der Waals surface area contributed by atoms with Crippen LogP contribution >= 0.6 is 0 Å². The van der Waals surface area contributed by atoms with Gasteiger partial charge in [-0.15, -0.1) is 0 Å². The van der Waals surface area contributed by atoms with E-state index in [1.807, 2.05) is 0 Å². The summed E-state index contributed by atoms with van der Waals surface area (Å²) in [6, 6.07) is 3.23. The van der Waals surface area contributed by atoms with Crippen molar-refractivity contribution in [2.45, 2.75) is 76.5 Å². The minimum absolute atomic E-state index is 0.745. The summed E-state index contributed by atoms with van der Waals surface area (Å²) in [6.07, 6.45) is 8.41. The van der Waals surface area contributed by atoms with Crippen LogP contribution in [0.3, 0.4) is 0 Å². The number of nitrogens with zero attached hydrogens (tertiary/aromatic N) is 2. The van der Waals surface area contributed by atoms with Crippen LogP contribution in [0.4, 0.5) is 0 Å². The highest BCUT2D eigenvalue weighted by Gasteiger charge is 2.38. The first-order valence-corrected chi connectivity index (χ1v) is 8.84. The molecule has 0 aromatic rings. The minimum Gasteiger partial charge on any atom is -0.312 e. The van der Waals surface area contributed by atoms with Crippen LogP contribution in [0.5, 0.6) is 0 Å². The monoisotopic (exact) mass is 279 g/mol. The van der Waals surface area contributed by atoms with Crippen molar-refractivity contribution >= 4 is 0 Å². The van der Waals surface area contributed by atoms with Gasteiger partial charge in [-0.05, 0) is 64.6 Å². The van der Waals surface area contributed by atoms with Crippen LogP contribution in [0.15, 0.2) is 0 Å². The predicted molar refractivity (Wildman–Crippen MR) is 85.0 cm³/mol. The number of nitrogens with one attached hydrogen (secondary N) is 1. The van der Waals surface area contributed by atoms with E-state index in [2.05, 4.69) is 36.0 Å². The van der Waals surface area contributed by atoms with Crippen LogP contribution in [0, 0.1) is 5.92 Å². The molecule has 0 spiro atoms. The largest absolute Gasteiger partial charge is 0.312 e. The van der Waals surface area contributed by atoms with Crippen molar-refractivity contribution in [2.24, 2.45) is 5.92 Å². The lowest BCUT2D eigenvalue weighted by Crippen LogP contribution is -2.51. The first kappa shape index (κ1) is 14.8. The van der Waals surface area contributed by atoms with Crippen molar-refractivity contribution in [1.82, 2.24) is 15.1 Å². The standard InChI is InChI=1S/C17H33N3/c1-13(2)17(20-8-4-5-9-20)12-18-14-10-15-6-7-16(11-14)19(15)3/h13-18H,4-12H2,1-3H3. The Hall–Kier alpha value is -0.120. The zero-order valence-electron chi connectivity index (χ0n) is 13.6. The summed E-state index contributed by atoms with van der Waals surface area (Å²) in [4.78, 5) is 5.36. The van der Waals surface area contributed by atoms with E-state index < -0.39 is 0 Å². The van der Waals surface area contributed by atoms with Gasteiger partial charge in [0.1, 0.15) is 0 Å². The molecule has 2 bridgehead atoms. The van der Waals surface area contributed by atoms with E-state index >= 15 is 0 Å². The molecule has 3 heterocycles. The molecule has 0 aromatic heterocycles. The van der Waals surface area contributed by atoms with Gasteiger partial charge in [-0.1, -0.05) is 13.8 Å². The minimum atomic E-state index is 0.745. The van der Waals surface area contributed by atoms with Gasteiger partial charge >= 0.3 is 0 Å². The molecule has 0 amide bonds. The second-order valence-corrected chi connectivity index (χ2v) is 7.68. The molecule has 3 nitrogen and oxygen atoms in total. The molecule has 116 valence electrons. The highest BCUT2D eigenvalue weighted by molar-refractivity contribution is 4.96. The third-order valence-corrected chi connectivity index (χ3v) is 6.09. The molecule has 0 saturated carbocycles. The molecule has 3 aliphatic rings. The van der Waals surface area contributed by atoms with Crippen molar-refractivity contribution in [1.29, 1.82) is 0 Å². The van der Waals surface area contributed by atoms with Crippen molar-refractivity contribution < 1.29 is 0 Å². The predicted octanol–water partition coefficient (Wildman–Crippen LogP) is 2.32. The van der Waals surface area contributed by atoms with E-state index in [1.54, 1.807) is 0 Å². The Morgan fingerprint density at radius 1 is 1.05 bits per heavy atom. The molecular formula is C17H33N3. The Morgan fingerprint density at radius 2 is 1.65 bits per heavy atom. The fourth-order valence-corrected chi connectivity index (χ4v) is 4.73. The van der Waals surface area contributed by atoms with Crippen molar-refractivity contribution in [3.8, 4) is 0 Å². The van der Waals surface area contributed by atoms with E-state index in [-0.39, 0.29) is 0 Å². The molecule has 3 unspecified atom stereocenters. The molecule has 3 atom stereocenters. The molecule has 3 heteroatoms. The maximum absolute atomic E-state index is 3.93. The van der Waals surface area contributed by atoms with Crippen LogP contribution in [-0.2, 0) is 0 Å². The third kappa shape index (κ3) is 3.05. The summed E-state index contributed by atoms with van der Waals surface area (Å²) in [5, 5.41) is 3.93. The van der Waals surface area contributed by atoms with Crippen molar-refractivity contribution in [3.05, 3.63) is 0 Å². The molecule has 3 saturated heterocycles. The summed E-state index contributed by atoms with van der Waals surface area (Å²) >= 11 is 0. The lowest BCUT2D eigenvalue weighted by atomic mass is 9.96. The van der Waals surface area contributed by atoms with Gasteiger partial charge in [0, 0.05) is 30.7 Å². The number of likely N-dealkylation sites (tertiary alicyclic amines) is 1. The molecule has 20 heavy (non-hydrogen) atoms. The van der Waals surface area contributed by atoms with Gasteiger partial charge in [-0.2, -0.15) is 0 Å².